The summed E-state index contributed by atoms with van der Waals surface area (Å²) in [6.45, 7) is 8.18. The lowest BCUT2D eigenvalue weighted by Gasteiger charge is -2.26. The molecule has 3 nitrogen and oxygen atoms in total. The highest BCUT2D eigenvalue weighted by Gasteiger charge is 2.10. The molecule has 1 aromatic rings. The summed E-state index contributed by atoms with van der Waals surface area (Å²) < 4.78 is 0. The lowest BCUT2D eigenvalue weighted by atomic mass is 10.1. The third-order valence-corrected chi connectivity index (χ3v) is 3.38. The first kappa shape index (κ1) is 15.7. The van der Waals surface area contributed by atoms with Gasteiger partial charge in [-0.3, -0.25) is 9.69 Å². The molecule has 1 N–H and O–H groups in total. The average molecular weight is 263 g/mol. The van der Waals surface area contributed by atoms with Gasteiger partial charge in [0.2, 0.25) is 0 Å². The van der Waals surface area contributed by atoms with Crippen LogP contribution in [0.3, 0.4) is 0 Å². The summed E-state index contributed by atoms with van der Waals surface area (Å²) >= 11 is 0. The van der Waals surface area contributed by atoms with Crippen molar-refractivity contribution in [3.05, 3.63) is 35.4 Å². The monoisotopic (exact) mass is 263 g/mol. The Morgan fingerprint density at radius 1 is 1.21 bits per heavy atom. The Morgan fingerprint density at radius 3 is 2.26 bits per heavy atom. The molecule has 0 fully saturated rings. The number of hydrogen-bond acceptors (Lipinski definition) is 2. The second kappa shape index (κ2) is 7.95. The van der Waals surface area contributed by atoms with Gasteiger partial charge in [0.15, 0.2) is 0 Å². The summed E-state index contributed by atoms with van der Waals surface area (Å²) in [4.78, 5) is 12.9. The predicted octanol–water partition coefficient (Wildman–Crippen LogP) is 3.32. The molecule has 0 saturated heterocycles. The van der Waals surface area contributed by atoms with Gasteiger partial charge < -0.3 is 5.11 Å². The molecule has 3 heteroatoms. The highest BCUT2D eigenvalue weighted by molar-refractivity contribution is 5.66. The van der Waals surface area contributed by atoms with E-state index >= 15 is 0 Å². The van der Waals surface area contributed by atoms with Crippen molar-refractivity contribution in [2.75, 3.05) is 6.54 Å². The molecule has 0 aromatic heterocycles. The van der Waals surface area contributed by atoms with Crippen LogP contribution in [-0.4, -0.2) is 28.6 Å². The molecular weight excluding hydrogens is 238 g/mol. The molecule has 0 saturated carbocycles. The van der Waals surface area contributed by atoms with Crippen LogP contribution in [0.4, 0.5) is 0 Å². The van der Waals surface area contributed by atoms with Crippen molar-refractivity contribution in [2.45, 2.75) is 52.6 Å². The maximum Gasteiger partial charge on any atom is 0.303 e. The summed E-state index contributed by atoms with van der Waals surface area (Å²) in [7, 11) is 0. The van der Waals surface area contributed by atoms with Gasteiger partial charge in [0.1, 0.15) is 0 Å². The first-order valence-electron chi connectivity index (χ1n) is 7.06. The van der Waals surface area contributed by atoms with Crippen LogP contribution in [0.25, 0.3) is 0 Å². The SMILES string of the molecule is CCc1ccc(CN(CCCC(=O)O)C(C)C)cc1. The van der Waals surface area contributed by atoms with Crippen LogP contribution in [-0.2, 0) is 17.8 Å². The topological polar surface area (TPSA) is 40.5 Å². The van der Waals surface area contributed by atoms with Gasteiger partial charge in [-0.05, 0) is 44.4 Å². The molecule has 1 rings (SSSR count). The van der Waals surface area contributed by atoms with Crippen molar-refractivity contribution in [3.63, 3.8) is 0 Å². The number of hydrogen-bond donors (Lipinski definition) is 1. The second-order valence-corrected chi connectivity index (χ2v) is 5.23. The van der Waals surface area contributed by atoms with Crippen LogP contribution >= 0.6 is 0 Å². The second-order valence-electron chi connectivity index (χ2n) is 5.23. The molecule has 106 valence electrons. The zero-order valence-corrected chi connectivity index (χ0v) is 12.2. The van der Waals surface area contributed by atoms with E-state index in [-0.39, 0.29) is 6.42 Å². The average Bonchev–Trinajstić information content (AvgIpc) is 2.37. The number of aryl methyl sites for hydroxylation is 1. The van der Waals surface area contributed by atoms with E-state index in [1.54, 1.807) is 0 Å². The normalized spacial score (nSPS) is 11.2. The number of nitrogens with zero attached hydrogens (tertiary/aromatic N) is 1. The predicted molar refractivity (Wildman–Crippen MR) is 78.2 cm³/mol. The maximum atomic E-state index is 10.6. The van der Waals surface area contributed by atoms with Crippen LogP contribution in [0.1, 0.15) is 44.7 Å². The molecule has 19 heavy (non-hydrogen) atoms. The van der Waals surface area contributed by atoms with Crippen LogP contribution in [0.15, 0.2) is 24.3 Å². The van der Waals surface area contributed by atoms with Gasteiger partial charge in [0.05, 0.1) is 0 Å². The number of aliphatic carboxylic acids is 1. The largest absolute Gasteiger partial charge is 0.481 e. The molecule has 0 spiro atoms. The Hall–Kier alpha value is -1.35. The van der Waals surface area contributed by atoms with Crippen molar-refractivity contribution < 1.29 is 9.90 Å². The minimum atomic E-state index is -0.712. The Kier molecular flexibility index (Phi) is 6.57. The summed E-state index contributed by atoms with van der Waals surface area (Å²) in [6.07, 6.45) is 2.02. The van der Waals surface area contributed by atoms with E-state index in [4.69, 9.17) is 5.11 Å². The summed E-state index contributed by atoms with van der Waals surface area (Å²) in [6, 6.07) is 9.12. The third kappa shape index (κ3) is 5.88. The van der Waals surface area contributed by atoms with Gasteiger partial charge in [0.25, 0.3) is 0 Å². The Morgan fingerprint density at radius 2 is 1.79 bits per heavy atom. The lowest BCUT2D eigenvalue weighted by molar-refractivity contribution is -0.137. The van der Waals surface area contributed by atoms with Gasteiger partial charge in [0, 0.05) is 19.0 Å². The molecule has 0 amide bonds. The Bertz CT molecular complexity index is 384. The van der Waals surface area contributed by atoms with E-state index in [2.05, 4.69) is 49.9 Å². The van der Waals surface area contributed by atoms with Gasteiger partial charge in [-0.25, -0.2) is 0 Å². The molecule has 1 aromatic carbocycles. The van der Waals surface area contributed by atoms with Crippen molar-refractivity contribution in [1.82, 2.24) is 4.90 Å². The molecule has 0 bridgehead atoms. The summed E-state index contributed by atoms with van der Waals surface area (Å²) in [5, 5.41) is 8.69. The van der Waals surface area contributed by atoms with E-state index in [1.807, 2.05) is 0 Å². The van der Waals surface area contributed by atoms with Crippen LogP contribution in [0.2, 0.25) is 0 Å². The highest BCUT2D eigenvalue weighted by Crippen LogP contribution is 2.11. The van der Waals surface area contributed by atoms with E-state index in [9.17, 15) is 4.79 Å². The first-order chi connectivity index (χ1) is 9.02. The Labute approximate surface area is 116 Å². The number of carboxylic acids is 1. The van der Waals surface area contributed by atoms with Crippen molar-refractivity contribution in [3.8, 4) is 0 Å². The molecule has 0 aliphatic carbocycles. The van der Waals surface area contributed by atoms with Crippen LogP contribution < -0.4 is 0 Å². The molecule has 0 heterocycles. The maximum absolute atomic E-state index is 10.6. The van der Waals surface area contributed by atoms with Crippen molar-refractivity contribution >= 4 is 5.97 Å². The summed E-state index contributed by atoms with van der Waals surface area (Å²) in [5.74, 6) is -0.712. The van der Waals surface area contributed by atoms with E-state index in [1.165, 1.54) is 11.1 Å². The van der Waals surface area contributed by atoms with Gasteiger partial charge in [-0.2, -0.15) is 0 Å². The highest BCUT2D eigenvalue weighted by atomic mass is 16.4. The molecule has 0 aliphatic heterocycles. The van der Waals surface area contributed by atoms with Gasteiger partial charge >= 0.3 is 5.97 Å². The number of carboxylic acid groups (broad SMARTS) is 1. The fraction of sp³-hybridized carbons (Fsp3) is 0.562. The quantitative estimate of drug-likeness (QED) is 0.782. The molecule has 0 unspecified atom stereocenters. The molecule has 0 atom stereocenters. The zero-order valence-electron chi connectivity index (χ0n) is 12.2. The fourth-order valence-corrected chi connectivity index (χ4v) is 2.07. The fourth-order valence-electron chi connectivity index (χ4n) is 2.07. The number of benzene rings is 1. The Balaban J connectivity index is 2.54. The minimum absolute atomic E-state index is 0.248. The molecule has 0 aliphatic rings. The van der Waals surface area contributed by atoms with Crippen LogP contribution in [0.5, 0.6) is 0 Å². The van der Waals surface area contributed by atoms with E-state index in [0.717, 1.165) is 19.5 Å². The minimum Gasteiger partial charge on any atom is -0.481 e. The van der Waals surface area contributed by atoms with E-state index < -0.39 is 5.97 Å². The smallest absolute Gasteiger partial charge is 0.303 e. The molecule has 0 radical (unpaired) electrons. The number of carbonyl (C=O) groups is 1. The van der Waals surface area contributed by atoms with Gasteiger partial charge in [-0.1, -0.05) is 31.2 Å². The first-order valence-corrected chi connectivity index (χ1v) is 7.06. The standard InChI is InChI=1S/C16H25NO2/c1-4-14-7-9-15(10-8-14)12-17(13(2)3)11-5-6-16(18)19/h7-10,13H,4-6,11-12H2,1-3H3,(H,18,19). The van der Waals surface area contributed by atoms with E-state index in [0.29, 0.717) is 12.5 Å². The lowest BCUT2D eigenvalue weighted by Crippen LogP contribution is -2.31. The third-order valence-electron chi connectivity index (χ3n) is 3.38. The van der Waals surface area contributed by atoms with Crippen molar-refractivity contribution in [1.29, 1.82) is 0 Å². The zero-order chi connectivity index (χ0) is 14.3. The summed E-state index contributed by atoms with van der Waals surface area (Å²) in [5.41, 5.74) is 2.65. The molecular formula is C16H25NO2. The van der Waals surface area contributed by atoms with Crippen LogP contribution in [0, 0.1) is 0 Å². The van der Waals surface area contributed by atoms with Gasteiger partial charge in [-0.15, -0.1) is 0 Å². The van der Waals surface area contributed by atoms with Crippen molar-refractivity contribution in [2.24, 2.45) is 0 Å². The number of rotatable bonds is 8.